The number of amides is 1. The van der Waals surface area contributed by atoms with Crippen LogP contribution in [0.1, 0.15) is 19.8 Å². The number of carbonyl (C=O) groups excluding carboxylic acids is 2. The van der Waals surface area contributed by atoms with Gasteiger partial charge in [0.25, 0.3) is 5.91 Å². The molecule has 0 aliphatic rings. The number of para-hydroxylation sites is 3. The molecule has 1 heterocycles. The van der Waals surface area contributed by atoms with Crippen LogP contribution in [0.3, 0.4) is 0 Å². The molecule has 0 saturated carbocycles. The number of ether oxygens (including phenoxy) is 1. The summed E-state index contributed by atoms with van der Waals surface area (Å²) in [5.41, 5.74) is 1.92. The van der Waals surface area contributed by atoms with E-state index in [4.69, 9.17) is 9.15 Å². The zero-order valence-corrected chi connectivity index (χ0v) is 15.8. The minimum absolute atomic E-state index is 0.0959. The average molecular weight is 382 g/mol. The molecule has 0 saturated heterocycles. The fourth-order valence-corrected chi connectivity index (χ4v) is 2.97. The van der Waals surface area contributed by atoms with Gasteiger partial charge in [0.05, 0.1) is 5.52 Å². The van der Waals surface area contributed by atoms with Crippen LogP contribution in [0.4, 0.5) is 5.69 Å². The van der Waals surface area contributed by atoms with E-state index in [1.165, 1.54) is 9.47 Å². The Labute approximate surface area is 162 Å². The molecule has 1 atom stereocenters. The van der Waals surface area contributed by atoms with Gasteiger partial charge in [-0.2, -0.15) is 0 Å². The highest BCUT2D eigenvalue weighted by Gasteiger charge is 2.22. The van der Waals surface area contributed by atoms with E-state index >= 15 is 0 Å². The molecule has 0 bridgehead atoms. The molecular formula is C21H22N2O5. The lowest BCUT2D eigenvalue weighted by Crippen LogP contribution is -2.37. The largest absolute Gasteiger partial charge is 0.453 e. The summed E-state index contributed by atoms with van der Waals surface area (Å²) < 4.78 is 11.9. The van der Waals surface area contributed by atoms with Crippen molar-refractivity contribution in [2.45, 2.75) is 32.4 Å². The zero-order chi connectivity index (χ0) is 20.1. The Morgan fingerprint density at radius 3 is 2.54 bits per heavy atom. The Bertz CT molecular complexity index is 1020. The average Bonchev–Trinajstić information content (AvgIpc) is 3.02. The zero-order valence-electron chi connectivity index (χ0n) is 15.8. The summed E-state index contributed by atoms with van der Waals surface area (Å²) in [6.07, 6.45) is -0.397. The van der Waals surface area contributed by atoms with Gasteiger partial charge in [0.1, 0.15) is 0 Å². The summed E-state index contributed by atoms with van der Waals surface area (Å²) in [4.78, 5) is 37.9. The molecule has 7 heteroatoms. The molecule has 0 spiro atoms. The summed E-state index contributed by atoms with van der Waals surface area (Å²) in [6.45, 7) is 1.88. The first-order valence-electron chi connectivity index (χ1n) is 9.08. The van der Waals surface area contributed by atoms with Crippen LogP contribution >= 0.6 is 0 Å². The third-order valence-electron chi connectivity index (χ3n) is 4.47. The number of aryl methyl sites for hydroxylation is 1. The molecule has 0 N–H and O–H groups in total. The first-order valence-corrected chi connectivity index (χ1v) is 9.08. The second kappa shape index (κ2) is 8.56. The Hall–Kier alpha value is -3.35. The van der Waals surface area contributed by atoms with Gasteiger partial charge in [0, 0.05) is 25.7 Å². The lowest BCUT2D eigenvalue weighted by Gasteiger charge is -2.21. The van der Waals surface area contributed by atoms with E-state index in [1.807, 2.05) is 24.3 Å². The molecular weight excluding hydrogens is 360 g/mol. The molecule has 0 aliphatic heterocycles. The number of likely N-dealkylation sites (N-methyl/N-ethyl adjacent to an activating group) is 1. The molecule has 28 heavy (non-hydrogen) atoms. The Morgan fingerprint density at radius 1 is 1.11 bits per heavy atom. The lowest BCUT2D eigenvalue weighted by atomic mass is 10.2. The highest BCUT2D eigenvalue weighted by atomic mass is 16.5. The van der Waals surface area contributed by atoms with E-state index in [-0.39, 0.29) is 12.3 Å². The Balaban J connectivity index is 1.52. The highest BCUT2D eigenvalue weighted by Crippen LogP contribution is 2.14. The number of fused-ring (bicyclic) bond motifs is 1. The summed E-state index contributed by atoms with van der Waals surface area (Å²) in [5.74, 6) is -1.25. The Morgan fingerprint density at radius 2 is 1.79 bits per heavy atom. The maximum atomic E-state index is 12.4. The minimum Gasteiger partial charge on any atom is -0.453 e. The third kappa shape index (κ3) is 4.31. The predicted octanol–water partition coefficient (Wildman–Crippen LogP) is 2.97. The maximum absolute atomic E-state index is 12.4. The molecule has 0 fully saturated rings. The number of esters is 1. The highest BCUT2D eigenvalue weighted by molar-refractivity contribution is 5.96. The Kier molecular flexibility index (Phi) is 5.93. The number of carbonyl (C=O) groups is 2. The van der Waals surface area contributed by atoms with E-state index in [0.29, 0.717) is 24.1 Å². The molecule has 0 radical (unpaired) electrons. The predicted molar refractivity (Wildman–Crippen MR) is 105 cm³/mol. The number of anilines is 1. The van der Waals surface area contributed by atoms with Gasteiger partial charge in [0.15, 0.2) is 11.7 Å². The second-order valence-corrected chi connectivity index (χ2v) is 6.46. The number of aromatic nitrogens is 1. The quantitative estimate of drug-likeness (QED) is 0.587. The van der Waals surface area contributed by atoms with Gasteiger partial charge in [-0.25, -0.2) is 4.79 Å². The van der Waals surface area contributed by atoms with Crippen molar-refractivity contribution in [2.75, 3.05) is 11.9 Å². The number of rotatable bonds is 7. The minimum atomic E-state index is -0.893. The van der Waals surface area contributed by atoms with Gasteiger partial charge in [-0.1, -0.05) is 30.3 Å². The van der Waals surface area contributed by atoms with E-state index in [9.17, 15) is 14.4 Å². The van der Waals surface area contributed by atoms with Crippen molar-refractivity contribution in [3.63, 3.8) is 0 Å². The molecule has 1 unspecified atom stereocenters. The van der Waals surface area contributed by atoms with Crippen LogP contribution in [-0.4, -0.2) is 29.6 Å². The molecule has 0 aliphatic carbocycles. The molecule has 146 valence electrons. The molecule has 1 amide bonds. The van der Waals surface area contributed by atoms with Crippen LogP contribution in [-0.2, 0) is 20.9 Å². The fraction of sp³-hybridized carbons (Fsp3) is 0.286. The summed E-state index contributed by atoms with van der Waals surface area (Å²) in [5, 5.41) is 0. The maximum Gasteiger partial charge on any atom is 0.419 e. The van der Waals surface area contributed by atoms with Crippen molar-refractivity contribution in [2.24, 2.45) is 0 Å². The topological polar surface area (TPSA) is 81.7 Å². The fourth-order valence-electron chi connectivity index (χ4n) is 2.97. The van der Waals surface area contributed by atoms with Gasteiger partial charge in [-0.05, 0) is 37.6 Å². The summed E-state index contributed by atoms with van der Waals surface area (Å²) >= 11 is 0. The summed E-state index contributed by atoms with van der Waals surface area (Å²) in [7, 11) is 1.64. The summed E-state index contributed by atoms with van der Waals surface area (Å²) in [6, 6.07) is 16.3. The number of oxazole rings is 1. The van der Waals surface area contributed by atoms with E-state index in [0.717, 1.165) is 5.69 Å². The second-order valence-electron chi connectivity index (χ2n) is 6.46. The molecule has 1 aromatic heterocycles. The van der Waals surface area contributed by atoms with E-state index < -0.39 is 17.8 Å². The van der Waals surface area contributed by atoms with Crippen LogP contribution in [0.5, 0.6) is 0 Å². The van der Waals surface area contributed by atoms with E-state index in [2.05, 4.69) is 0 Å². The number of hydrogen-bond donors (Lipinski definition) is 0. The third-order valence-corrected chi connectivity index (χ3v) is 4.47. The molecule has 3 aromatic rings. The van der Waals surface area contributed by atoms with Gasteiger partial charge in [-0.15, -0.1) is 0 Å². The number of hydrogen-bond acceptors (Lipinski definition) is 5. The van der Waals surface area contributed by atoms with Gasteiger partial charge >= 0.3 is 11.7 Å². The standard InChI is InChI=1S/C21H22N2O5/c1-15(20(25)22(2)16-9-4-3-5-10-16)27-19(24)13-8-14-23-17-11-6-7-12-18(17)28-21(23)26/h3-7,9-12,15H,8,13-14H2,1-2H3. The smallest absolute Gasteiger partial charge is 0.419 e. The lowest BCUT2D eigenvalue weighted by molar-refractivity contribution is -0.153. The van der Waals surface area contributed by atoms with Crippen molar-refractivity contribution in [1.82, 2.24) is 4.57 Å². The van der Waals surface area contributed by atoms with Crippen LogP contribution in [0.25, 0.3) is 11.1 Å². The van der Waals surface area contributed by atoms with Crippen LogP contribution in [0.2, 0.25) is 0 Å². The van der Waals surface area contributed by atoms with Crippen molar-refractivity contribution >= 4 is 28.7 Å². The molecule has 2 aromatic carbocycles. The van der Waals surface area contributed by atoms with Crippen molar-refractivity contribution in [3.8, 4) is 0 Å². The van der Waals surface area contributed by atoms with Crippen LogP contribution in [0, 0.1) is 0 Å². The van der Waals surface area contributed by atoms with E-state index in [1.54, 1.807) is 44.3 Å². The van der Waals surface area contributed by atoms with Crippen molar-refractivity contribution in [1.29, 1.82) is 0 Å². The van der Waals surface area contributed by atoms with Gasteiger partial charge < -0.3 is 14.1 Å². The first-order chi connectivity index (χ1) is 13.5. The SMILES string of the molecule is CC(OC(=O)CCCn1c(=O)oc2ccccc21)C(=O)N(C)c1ccccc1. The van der Waals surface area contributed by atoms with Crippen molar-refractivity contribution in [3.05, 3.63) is 65.1 Å². The monoisotopic (exact) mass is 382 g/mol. The number of benzene rings is 2. The normalized spacial score (nSPS) is 11.9. The molecule has 3 rings (SSSR count). The van der Waals surface area contributed by atoms with Crippen LogP contribution < -0.4 is 10.7 Å². The van der Waals surface area contributed by atoms with Crippen LogP contribution in [0.15, 0.2) is 63.8 Å². The number of nitrogens with zero attached hydrogens (tertiary/aromatic N) is 2. The van der Waals surface area contributed by atoms with Gasteiger partial charge in [0.2, 0.25) is 0 Å². The molecule has 7 nitrogen and oxygen atoms in total. The van der Waals surface area contributed by atoms with Gasteiger partial charge in [-0.3, -0.25) is 14.2 Å². The van der Waals surface area contributed by atoms with Crippen molar-refractivity contribution < 1.29 is 18.7 Å². The first kappa shape index (κ1) is 19.4.